The molecular weight excluding hydrogens is 336 g/mol. The molecule has 0 atom stereocenters. The van der Waals surface area contributed by atoms with Gasteiger partial charge >= 0.3 is 0 Å². The number of nitro groups is 1. The average molecular weight is 355 g/mol. The molecule has 0 saturated carbocycles. The zero-order chi connectivity index (χ0) is 15.6. The van der Waals surface area contributed by atoms with Crippen molar-refractivity contribution < 1.29 is 9.72 Å². The number of carbonyl (C=O) groups excluding carboxylic acids is 1. The molecule has 0 aromatic heterocycles. The topological polar surface area (TPSA) is 63.5 Å². The molecule has 21 heavy (non-hydrogen) atoms. The summed E-state index contributed by atoms with van der Waals surface area (Å²) in [4.78, 5) is 24.9. The van der Waals surface area contributed by atoms with Crippen LogP contribution >= 0.6 is 15.9 Å². The number of benzene rings is 1. The zero-order valence-electron chi connectivity index (χ0n) is 12.3. The fourth-order valence-corrected chi connectivity index (χ4v) is 3.51. The Bertz CT molecular complexity index is 570. The molecule has 1 aliphatic rings. The molecule has 6 heteroatoms. The van der Waals surface area contributed by atoms with E-state index in [1.807, 2.05) is 4.90 Å². The third-order valence-corrected chi connectivity index (χ3v) is 5.46. The summed E-state index contributed by atoms with van der Waals surface area (Å²) >= 11 is 3.20. The SMILES string of the molecule is CCC1(CC)CCN(C(=O)c2cccc([N+](=O)[O-])c2Br)C1. The highest BCUT2D eigenvalue weighted by Crippen LogP contribution is 2.38. The summed E-state index contributed by atoms with van der Waals surface area (Å²) in [5, 5.41) is 11.0. The monoisotopic (exact) mass is 354 g/mol. The normalized spacial score (nSPS) is 17.0. The van der Waals surface area contributed by atoms with Crippen LogP contribution in [0.4, 0.5) is 5.69 Å². The van der Waals surface area contributed by atoms with Gasteiger partial charge in [-0.1, -0.05) is 19.9 Å². The van der Waals surface area contributed by atoms with Crippen LogP contribution in [0.1, 0.15) is 43.5 Å². The first-order valence-corrected chi connectivity index (χ1v) is 7.95. The van der Waals surface area contributed by atoms with E-state index in [1.54, 1.807) is 12.1 Å². The lowest BCUT2D eigenvalue weighted by Crippen LogP contribution is -2.32. The summed E-state index contributed by atoms with van der Waals surface area (Å²) in [6.07, 6.45) is 3.09. The zero-order valence-corrected chi connectivity index (χ0v) is 13.9. The number of hydrogen-bond acceptors (Lipinski definition) is 3. The smallest absolute Gasteiger partial charge is 0.284 e. The van der Waals surface area contributed by atoms with Crippen LogP contribution in [0.2, 0.25) is 0 Å². The molecular formula is C15H19BrN2O3. The van der Waals surface area contributed by atoms with Crippen molar-refractivity contribution in [2.24, 2.45) is 5.41 Å². The van der Waals surface area contributed by atoms with Crippen LogP contribution in [0.5, 0.6) is 0 Å². The minimum absolute atomic E-state index is 0.0720. The molecule has 0 bridgehead atoms. The summed E-state index contributed by atoms with van der Waals surface area (Å²) in [5.74, 6) is -0.130. The fraction of sp³-hybridized carbons (Fsp3) is 0.533. The van der Waals surface area contributed by atoms with Crippen LogP contribution in [0.3, 0.4) is 0 Å². The molecule has 1 amide bonds. The molecule has 1 aromatic rings. The van der Waals surface area contributed by atoms with Crippen molar-refractivity contribution in [3.05, 3.63) is 38.3 Å². The Hall–Kier alpha value is -1.43. The summed E-state index contributed by atoms with van der Waals surface area (Å²) in [6, 6.07) is 4.59. The molecule has 1 aromatic carbocycles. The molecule has 1 aliphatic heterocycles. The molecule has 0 spiro atoms. The van der Waals surface area contributed by atoms with Crippen LogP contribution < -0.4 is 0 Å². The van der Waals surface area contributed by atoms with Crippen molar-refractivity contribution in [2.75, 3.05) is 13.1 Å². The van der Waals surface area contributed by atoms with Crippen LogP contribution in [0, 0.1) is 15.5 Å². The molecule has 114 valence electrons. The Balaban J connectivity index is 2.26. The summed E-state index contributed by atoms with van der Waals surface area (Å²) in [5.41, 5.74) is 0.493. The van der Waals surface area contributed by atoms with Crippen LogP contribution in [-0.4, -0.2) is 28.8 Å². The predicted octanol–water partition coefficient (Wildman–Crippen LogP) is 4.01. The molecule has 1 saturated heterocycles. The molecule has 0 radical (unpaired) electrons. The van der Waals surface area contributed by atoms with Crippen molar-refractivity contribution in [1.82, 2.24) is 4.90 Å². The second-order valence-electron chi connectivity index (χ2n) is 5.58. The third-order valence-electron chi connectivity index (χ3n) is 4.63. The molecule has 5 nitrogen and oxygen atoms in total. The minimum Gasteiger partial charge on any atom is -0.338 e. The summed E-state index contributed by atoms with van der Waals surface area (Å²) in [6.45, 7) is 5.76. The van der Waals surface area contributed by atoms with Crippen LogP contribution in [0.25, 0.3) is 0 Å². The lowest BCUT2D eigenvalue weighted by molar-refractivity contribution is -0.385. The number of amides is 1. The van der Waals surface area contributed by atoms with E-state index in [-0.39, 0.29) is 21.5 Å². The Morgan fingerprint density at radius 2 is 2.10 bits per heavy atom. The number of nitrogens with zero attached hydrogens (tertiary/aromatic N) is 2. The maximum Gasteiger partial charge on any atom is 0.284 e. The number of hydrogen-bond donors (Lipinski definition) is 0. The van der Waals surface area contributed by atoms with Gasteiger partial charge < -0.3 is 4.90 Å². The number of likely N-dealkylation sites (tertiary alicyclic amines) is 1. The van der Waals surface area contributed by atoms with E-state index in [0.717, 1.165) is 32.4 Å². The van der Waals surface area contributed by atoms with Gasteiger partial charge in [0.1, 0.15) is 4.47 Å². The van der Waals surface area contributed by atoms with Gasteiger partial charge in [0, 0.05) is 19.2 Å². The Labute approximate surface area is 132 Å². The quantitative estimate of drug-likeness (QED) is 0.606. The lowest BCUT2D eigenvalue weighted by atomic mass is 9.82. The van der Waals surface area contributed by atoms with Crippen LogP contribution in [0.15, 0.2) is 22.7 Å². The van der Waals surface area contributed by atoms with E-state index < -0.39 is 4.92 Å². The Morgan fingerprint density at radius 3 is 2.62 bits per heavy atom. The van der Waals surface area contributed by atoms with Gasteiger partial charge in [0.05, 0.1) is 10.5 Å². The second-order valence-corrected chi connectivity index (χ2v) is 6.37. The first-order valence-electron chi connectivity index (χ1n) is 7.16. The number of nitro benzene ring substituents is 1. The van der Waals surface area contributed by atoms with Gasteiger partial charge in [-0.05, 0) is 46.7 Å². The molecule has 1 fully saturated rings. The highest BCUT2D eigenvalue weighted by atomic mass is 79.9. The van der Waals surface area contributed by atoms with E-state index in [2.05, 4.69) is 29.8 Å². The highest BCUT2D eigenvalue weighted by Gasteiger charge is 2.38. The van der Waals surface area contributed by atoms with Crippen molar-refractivity contribution >= 4 is 27.5 Å². The van der Waals surface area contributed by atoms with Crippen LogP contribution in [-0.2, 0) is 0 Å². The van der Waals surface area contributed by atoms with Gasteiger partial charge in [-0.15, -0.1) is 0 Å². The first kappa shape index (κ1) is 15.9. The maximum absolute atomic E-state index is 12.6. The van der Waals surface area contributed by atoms with E-state index in [1.165, 1.54) is 6.07 Å². The number of rotatable bonds is 4. The van der Waals surface area contributed by atoms with Crippen molar-refractivity contribution in [1.29, 1.82) is 0 Å². The molecule has 0 unspecified atom stereocenters. The van der Waals surface area contributed by atoms with Gasteiger partial charge in [0.2, 0.25) is 0 Å². The fourth-order valence-electron chi connectivity index (χ4n) is 2.93. The maximum atomic E-state index is 12.6. The van der Waals surface area contributed by atoms with Gasteiger partial charge in [-0.3, -0.25) is 14.9 Å². The minimum atomic E-state index is -0.479. The van der Waals surface area contributed by atoms with E-state index in [0.29, 0.717) is 5.56 Å². The van der Waals surface area contributed by atoms with Crippen molar-refractivity contribution in [3.8, 4) is 0 Å². The van der Waals surface area contributed by atoms with E-state index >= 15 is 0 Å². The molecule has 2 rings (SSSR count). The Kier molecular flexibility index (Phi) is 4.66. The predicted molar refractivity (Wildman–Crippen MR) is 84.3 cm³/mol. The third kappa shape index (κ3) is 2.95. The second kappa shape index (κ2) is 6.13. The number of carbonyl (C=O) groups is 1. The first-order chi connectivity index (χ1) is 9.94. The largest absolute Gasteiger partial charge is 0.338 e. The molecule has 0 aliphatic carbocycles. The molecule has 1 heterocycles. The number of halogens is 1. The van der Waals surface area contributed by atoms with Gasteiger partial charge in [-0.25, -0.2) is 0 Å². The van der Waals surface area contributed by atoms with Crippen molar-refractivity contribution in [2.45, 2.75) is 33.1 Å². The molecule has 0 N–H and O–H groups in total. The Morgan fingerprint density at radius 1 is 1.43 bits per heavy atom. The lowest BCUT2D eigenvalue weighted by Gasteiger charge is -2.26. The van der Waals surface area contributed by atoms with Gasteiger partial charge in [0.25, 0.3) is 11.6 Å². The van der Waals surface area contributed by atoms with Gasteiger partial charge in [-0.2, -0.15) is 0 Å². The highest BCUT2D eigenvalue weighted by molar-refractivity contribution is 9.10. The average Bonchev–Trinajstić information content (AvgIpc) is 2.91. The standard InChI is InChI=1S/C15H19BrN2O3/c1-3-15(4-2)8-9-17(10-15)14(19)11-6-5-7-12(13(11)16)18(20)21/h5-7H,3-4,8-10H2,1-2H3. The van der Waals surface area contributed by atoms with E-state index in [9.17, 15) is 14.9 Å². The summed E-state index contributed by atoms with van der Waals surface area (Å²) < 4.78 is 0.269. The summed E-state index contributed by atoms with van der Waals surface area (Å²) in [7, 11) is 0. The van der Waals surface area contributed by atoms with E-state index in [4.69, 9.17) is 0 Å². The van der Waals surface area contributed by atoms with Crippen molar-refractivity contribution in [3.63, 3.8) is 0 Å². The van der Waals surface area contributed by atoms with Gasteiger partial charge in [0.15, 0.2) is 0 Å².